The SMILES string of the molecule is O=C(NC(=S)Nc1ccccc1O)c1ccc(Cl)c([N+](=O)[O-])c1. The second-order valence-corrected chi connectivity index (χ2v) is 5.16. The van der Waals surface area contributed by atoms with Gasteiger partial charge in [0.2, 0.25) is 0 Å². The van der Waals surface area contributed by atoms with Gasteiger partial charge in [-0.1, -0.05) is 23.7 Å². The fourth-order valence-corrected chi connectivity index (χ4v) is 2.09. The number of thiocarbonyl (C=S) groups is 1. The van der Waals surface area contributed by atoms with Gasteiger partial charge in [0.05, 0.1) is 10.6 Å². The van der Waals surface area contributed by atoms with E-state index < -0.39 is 10.8 Å². The van der Waals surface area contributed by atoms with Crippen LogP contribution in [0.3, 0.4) is 0 Å². The largest absolute Gasteiger partial charge is 0.506 e. The highest BCUT2D eigenvalue weighted by Gasteiger charge is 2.17. The first-order chi connectivity index (χ1) is 10.9. The molecule has 0 atom stereocenters. The van der Waals surface area contributed by atoms with Gasteiger partial charge in [-0.15, -0.1) is 0 Å². The van der Waals surface area contributed by atoms with Crippen molar-refractivity contribution >= 4 is 46.2 Å². The van der Waals surface area contributed by atoms with Crippen LogP contribution in [0.5, 0.6) is 5.75 Å². The van der Waals surface area contributed by atoms with E-state index in [4.69, 9.17) is 23.8 Å². The number of hydrogen-bond acceptors (Lipinski definition) is 5. The van der Waals surface area contributed by atoms with Crippen LogP contribution in [-0.2, 0) is 0 Å². The first kappa shape index (κ1) is 16.7. The number of phenolic OH excluding ortho intramolecular Hbond substituents is 1. The number of nitro benzene ring substituents is 1. The second-order valence-electron chi connectivity index (χ2n) is 4.35. The lowest BCUT2D eigenvalue weighted by molar-refractivity contribution is -0.384. The summed E-state index contributed by atoms with van der Waals surface area (Å²) < 4.78 is 0. The number of nitrogens with zero attached hydrogens (tertiary/aromatic N) is 1. The minimum atomic E-state index is -0.683. The van der Waals surface area contributed by atoms with Crippen LogP contribution >= 0.6 is 23.8 Å². The van der Waals surface area contributed by atoms with Gasteiger partial charge in [0.1, 0.15) is 10.8 Å². The summed E-state index contributed by atoms with van der Waals surface area (Å²) in [6.45, 7) is 0. The topological polar surface area (TPSA) is 104 Å². The smallest absolute Gasteiger partial charge is 0.288 e. The first-order valence-electron chi connectivity index (χ1n) is 6.22. The normalized spacial score (nSPS) is 9.96. The monoisotopic (exact) mass is 351 g/mol. The molecule has 0 unspecified atom stereocenters. The van der Waals surface area contributed by atoms with E-state index in [1.165, 1.54) is 18.2 Å². The molecule has 3 N–H and O–H groups in total. The highest BCUT2D eigenvalue weighted by atomic mass is 35.5. The third-order valence-electron chi connectivity index (χ3n) is 2.78. The van der Waals surface area contributed by atoms with Crippen LogP contribution in [-0.4, -0.2) is 21.0 Å². The number of carbonyl (C=O) groups is 1. The zero-order valence-corrected chi connectivity index (χ0v) is 13.0. The minimum absolute atomic E-state index is 0.0301. The van der Waals surface area contributed by atoms with Crippen molar-refractivity contribution in [3.63, 3.8) is 0 Å². The lowest BCUT2D eigenvalue weighted by atomic mass is 10.2. The average Bonchev–Trinajstić information content (AvgIpc) is 2.49. The Bertz CT molecular complexity index is 797. The number of amides is 1. The summed E-state index contributed by atoms with van der Waals surface area (Å²) in [7, 11) is 0. The van der Waals surface area contributed by atoms with Gasteiger partial charge in [-0.2, -0.15) is 0 Å². The molecule has 118 valence electrons. The summed E-state index contributed by atoms with van der Waals surface area (Å²) >= 11 is 10.7. The Hall–Kier alpha value is -2.71. The summed E-state index contributed by atoms with van der Waals surface area (Å²) in [5, 5.41) is 25.3. The number of benzene rings is 2. The van der Waals surface area contributed by atoms with Crippen molar-refractivity contribution in [2.75, 3.05) is 5.32 Å². The third kappa shape index (κ3) is 4.15. The van der Waals surface area contributed by atoms with E-state index in [9.17, 15) is 20.0 Å². The number of carbonyl (C=O) groups excluding carboxylic acids is 1. The number of nitro groups is 1. The Morgan fingerprint density at radius 1 is 1.26 bits per heavy atom. The van der Waals surface area contributed by atoms with E-state index >= 15 is 0 Å². The van der Waals surface area contributed by atoms with E-state index in [1.807, 2.05) is 0 Å². The molecular weight excluding hydrogens is 342 g/mol. The van der Waals surface area contributed by atoms with Crippen molar-refractivity contribution in [2.24, 2.45) is 0 Å². The average molecular weight is 352 g/mol. The molecule has 23 heavy (non-hydrogen) atoms. The summed E-state index contributed by atoms with van der Waals surface area (Å²) in [5.41, 5.74) is -0.0266. The zero-order valence-electron chi connectivity index (χ0n) is 11.4. The highest BCUT2D eigenvalue weighted by Crippen LogP contribution is 2.25. The van der Waals surface area contributed by atoms with Crippen LogP contribution in [0.2, 0.25) is 5.02 Å². The fraction of sp³-hybridized carbons (Fsp3) is 0. The van der Waals surface area contributed by atoms with Gasteiger partial charge in [0, 0.05) is 11.6 Å². The van der Waals surface area contributed by atoms with Crippen LogP contribution < -0.4 is 10.6 Å². The van der Waals surface area contributed by atoms with Gasteiger partial charge in [0.25, 0.3) is 11.6 Å². The molecule has 0 radical (unpaired) electrons. The lowest BCUT2D eigenvalue weighted by Crippen LogP contribution is -2.34. The molecule has 0 saturated carbocycles. The molecule has 1 amide bonds. The molecule has 2 aromatic rings. The van der Waals surface area contributed by atoms with Crippen molar-refractivity contribution in [1.29, 1.82) is 0 Å². The van der Waals surface area contributed by atoms with Crippen LogP contribution in [0.15, 0.2) is 42.5 Å². The summed E-state index contributed by atoms with van der Waals surface area (Å²) in [4.78, 5) is 22.2. The summed E-state index contributed by atoms with van der Waals surface area (Å²) in [6, 6.07) is 9.99. The molecule has 0 saturated heterocycles. The maximum atomic E-state index is 12.0. The van der Waals surface area contributed by atoms with Crippen molar-refractivity contribution in [1.82, 2.24) is 5.32 Å². The number of hydrogen-bond donors (Lipinski definition) is 3. The number of aromatic hydroxyl groups is 1. The predicted octanol–water partition coefficient (Wildman–Crippen LogP) is 3.08. The fourth-order valence-electron chi connectivity index (χ4n) is 1.70. The molecule has 0 aliphatic rings. The van der Waals surface area contributed by atoms with E-state index in [0.29, 0.717) is 5.69 Å². The molecule has 9 heteroatoms. The standard InChI is InChI=1S/C14H10ClN3O4S/c15-9-6-5-8(7-11(9)18(21)22)13(20)17-14(23)16-10-3-1-2-4-12(10)19/h1-7,19H,(H2,16,17,20,23). The molecule has 0 aliphatic heterocycles. The van der Waals surface area contributed by atoms with Gasteiger partial charge in [-0.05, 0) is 36.5 Å². The Labute approximate surface area is 141 Å². The Morgan fingerprint density at radius 3 is 2.61 bits per heavy atom. The zero-order chi connectivity index (χ0) is 17.0. The summed E-state index contributed by atoms with van der Waals surface area (Å²) in [5.74, 6) is -0.677. The van der Waals surface area contributed by atoms with Crippen molar-refractivity contribution in [3.05, 3.63) is 63.2 Å². The van der Waals surface area contributed by atoms with Crippen LogP contribution in [0.4, 0.5) is 11.4 Å². The third-order valence-corrected chi connectivity index (χ3v) is 3.31. The van der Waals surface area contributed by atoms with Crippen molar-refractivity contribution < 1.29 is 14.8 Å². The van der Waals surface area contributed by atoms with E-state index in [-0.39, 0.29) is 27.1 Å². The highest BCUT2D eigenvalue weighted by molar-refractivity contribution is 7.80. The van der Waals surface area contributed by atoms with Crippen LogP contribution in [0.1, 0.15) is 10.4 Å². The minimum Gasteiger partial charge on any atom is -0.506 e. The lowest BCUT2D eigenvalue weighted by Gasteiger charge is -2.10. The van der Waals surface area contributed by atoms with E-state index in [1.54, 1.807) is 18.2 Å². The number of nitrogens with one attached hydrogen (secondary N) is 2. The molecule has 0 aliphatic carbocycles. The maximum absolute atomic E-state index is 12.0. The molecule has 0 aromatic heterocycles. The number of rotatable bonds is 3. The van der Waals surface area contributed by atoms with E-state index in [2.05, 4.69) is 10.6 Å². The molecule has 2 rings (SSSR count). The Kier molecular flexibility index (Phi) is 5.09. The second kappa shape index (κ2) is 7.03. The molecule has 0 heterocycles. The number of phenols is 1. The Morgan fingerprint density at radius 2 is 1.96 bits per heavy atom. The number of para-hydroxylation sites is 2. The molecule has 0 bridgehead atoms. The molecule has 0 spiro atoms. The molecular formula is C14H10ClN3O4S. The van der Waals surface area contributed by atoms with Crippen LogP contribution in [0, 0.1) is 10.1 Å². The molecule has 2 aromatic carbocycles. The van der Waals surface area contributed by atoms with Gasteiger partial charge in [-0.25, -0.2) is 0 Å². The predicted molar refractivity (Wildman–Crippen MR) is 89.9 cm³/mol. The van der Waals surface area contributed by atoms with E-state index in [0.717, 1.165) is 6.07 Å². The summed E-state index contributed by atoms with van der Waals surface area (Å²) in [6.07, 6.45) is 0. The van der Waals surface area contributed by atoms with Crippen LogP contribution in [0.25, 0.3) is 0 Å². The van der Waals surface area contributed by atoms with Gasteiger partial charge in [-0.3, -0.25) is 20.2 Å². The quantitative estimate of drug-likeness (QED) is 0.340. The first-order valence-corrected chi connectivity index (χ1v) is 7.01. The number of anilines is 1. The number of halogens is 1. The Balaban J connectivity index is 2.10. The van der Waals surface area contributed by atoms with Gasteiger partial charge >= 0.3 is 0 Å². The van der Waals surface area contributed by atoms with Crippen molar-refractivity contribution in [2.45, 2.75) is 0 Å². The maximum Gasteiger partial charge on any atom is 0.288 e. The van der Waals surface area contributed by atoms with Crippen molar-refractivity contribution in [3.8, 4) is 5.75 Å². The molecule has 0 fully saturated rings. The van der Waals surface area contributed by atoms with Gasteiger partial charge in [0.15, 0.2) is 5.11 Å². The molecule has 7 nitrogen and oxygen atoms in total. The van der Waals surface area contributed by atoms with Gasteiger partial charge < -0.3 is 10.4 Å².